The molecule has 0 amide bonds. The van der Waals surface area contributed by atoms with Crippen molar-refractivity contribution in [1.82, 2.24) is 0 Å². The third-order valence-corrected chi connectivity index (χ3v) is 3.68. The van der Waals surface area contributed by atoms with Gasteiger partial charge in [-0.3, -0.25) is 0 Å². The summed E-state index contributed by atoms with van der Waals surface area (Å²) in [4.78, 5) is 21.9. The highest BCUT2D eigenvalue weighted by Crippen LogP contribution is 2.58. The van der Waals surface area contributed by atoms with Gasteiger partial charge in [-0.25, -0.2) is 18.4 Å². The summed E-state index contributed by atoms with van der Waals surface area (Å²) in [5, 5.41) is 0. The largest absolute Gasteiger partial charge is 0.456 e. The molecule has 0 saturated carbocycles. The number of hydrogen-bond donors (Lipinski definition) is 0. The number of carbonyl (C=O) groups is 2. The lowest BCUT2D eigenvalue weighted by Crippen LogP contribution is -2.68. The lowest BCUT2D eigenvalue weighted by atomic mass is 9.91. The van der Waals surface area contributed by atoms with Gasteiger partial charge in [0.2, 0.25) is 0 Å². The van der Waals surface area contributed by atoms with Crippen molar-refractivity contribution in [3.8, 4) is 0 Å². The van der Waals surface area contributed by atoms with E-state index in [0.717, 1.165) is 13.8 Å². The second-order valence-corrected chi connectivity index (χ2v) is 6.88. The molecule has 0 heterocycles. The Morgan fingerprint density at radius 2 is 0.939 bits per heavy atom. The highest BCUT2D eigenvalue weighted by molar-refractivity contribution is 5.87. The molecule has 0 aliphatic heterocycles. The molecule has 0 aliphatic rings. The van der Waals surface area contributed by atoms with E-state index in [0.29, 0.717) is 0 Å². The minimum Gasteiger partial charge on any atom is -0.456 e. The summed E-state index contributed by atoms with van der Waals surface area (Å²) in [5.74, 6) is -44.2. The van der Waals surface area contributed by atoms with Crippen molar-refractivity contribution in [2.24, 2.45) is 0 Å². The SMILES string of the molecule is C=C(C)C(=O)OCC(F)(F)CC(F)(F)C(F)(F)C(F)(F)C(F)(F)C(F)(F)COC(=O)C(=C)C. The summed E-state index contributed by atoms with van der Waals surface area (Å²) in [6.07, 6.45) is -3.60. The van der Waals surface area contributed by atoms with Gasteiger partial charge >= 0.3 is 41.6 Å². The molecular formula is C17H16F12O4. The highest BCUT2D eigenvalue weighted by Gasteiger charge is 2.86. The van der Waals surface area contributed by atoms with E-state index in [1.165, 1.54) is 0 Å². The Morgan fingerprint density at radius 1 is 0.606 bits per heavy atom. The lowest BCUT2D eigenvalue weighted by molar-refractivity contribution is -0.408. The first-order chi connectivity index (χ1) is 14.4. The van der Waals surface area contributed by atoms with E-state index >= 15 is 0 Å². The Bertz CT molecular complexity index is 789. The molecule has 0 aromatic heterocycles. The molecule has 33 heavy (non-hydrogen) atoms. The van der Waals surface area contributed by atoms with Gasteiger partial charge in [-0.15, -0.1) is 0 Å². The summed E-state index contributed by atoms with van der Waals surface area (Å²) in [6.45, 7) is 2.10. The van der Waals surface area contributed by atoms with Crippen LogP contribution in [-0.2, 0) is 19.1 Å². The molecule has 4 nitrogen and oxygen atoms in total. The van der Waals surface area contributed by atoms with Crippen molar-refractivity contribution in [2.45, 2.75) is 55.8 Å². The molecule has 192 valence electrons. The number of ether oxygens (including phenoxy) is 2. The zero-order valence-electron chi connectivity index (χ0n) is 16.7. The number of alkyl halides is 12. The van der Waals surface area contributed by atoms with Gasteiger partial charge in [0, 0.05) is 11.1 Å². The van der Waals surface area contributed by atoms with Crippen LogP contribution in [-0.4, -0.2) is 60.7 Å². The van der Waals surface area contributed by atoms with E-state index in [2.05, 4.69) is 22.6 Å². The van der Waals surface area contributed by atoms with Crippen LogP contribution in [0.1, 0.15) is 20.3 Å². The summed E-state index contributed by atoms with van der Waals surface area (Å²) < 4.78 is 171. The van der Waals surface area contributed by atoms with Crippen LogP contribution in [0.5, 0.6) is 0 Å². The zero-order valence-corrected chi connectivity index (χ0v) is 16.7. The molecule has 0 aromatic rings. The zero-order chi connectivity index (χ0) is 26.8. The summed E-state index contributed by atoms with van der Waals surface area (Å²) >= 11 is 0. The molecule has 0 N–H and O–H groups in total. The van der Waals surface area contributed by atoms with E-state index < -0.39 is 78.3 Å². The average Bonchev–Trinajstić information content (AvgIpc) is 2.62. The van der Waals surface area contributed by atoms with Gasteiger partial charge in [-0.05, 0) is 13.8 Å². The van der Waals surface area contributed by atoms with Gasteiger partial charge < -0.3 is 9.47 Å². The van der Waals surface area contributed by atoms with Crippen LogP contribution < -0.4 is 0 Å². The Balaban J connectivity index is 5.90. The van der Waals surface area contributed by atoms with Crippen molar-refractivity contribution in [2.75, 3.05) is 13.2 Å². The van der Waals surface area contributed by atoms with Gasteiger partial charge in [0.25, 0.3) is 5.92 Å². The van der Waals surface area contributed by atoms with Crippen LogP contribution in [0.2, 0.25) is 0 Å². The van der Waals surface area contributed by atoms with Crippen LogP contribution in [0, 0.1) is 0 Å². The lowest BCUT2D eigenvalue weighted by Gasteiger charge is -2.39. The van der Waals surface area contributed by atoms with Crippen molar-refractivity contribution < 1.29 is 71.7 Å². The molecule has 0 unspecified atom stereocenters. The second-order valence-electron chi connectivity index (χ2n) is 6.88. The number of halogens is 12. The van der Waals surface area contributed by atoms with Gasteiger partial charge in [0.1, 0.15) is 0 Å². The van der Waals surface area contributed by atoms with E-state index in [1.807, 2.05) is 0 Å². The Labute approximate surface area is 178 Å². The summed E-state index contributed by atoms with van der Waals surface area (Å²) in [5.41, 5.74) is -1.25. The Hall–Kier alpha value is -2.42. The molecule has 0 saturated heterocycles. The molecule has 0 bridgehead atoms. The molecule has 16 heteroatoms. The van der Waals surface area contributed by atoms with E-state index in [-0.39, 0.29) is 0 Å². The molecule has 0 spiro atoms. The maximum absolute atomic E-state index is 13.7. The van der Waals surface area contributed by atoms with E-state index in [9.17, 15) is 62.3 Å². The highest BCUT2D eigenvalue weighted by atomic mass is 19.4. The Kier molecular flexibility index (Phi) is 8.75. The monoisotopic (exact) mass is 512 g/mol. The third kappa shape index (κ3) is 6.34. The predicted molar refractivity (Wildman–Crippen MR) is 85.8 cm³/mol. The first-order valence-electron chi connectivity index (χ1n) is 8.28. The average molecular weight is 512 g/mol. The molecule has 0 radical (unpaired) electrons. The van der Waals surface area contributed by atoms with Gasteiger partial charge in [-0.1, -0.05) is 13.2 Å². The second kappa shape index (κ2) is 9.44. The number of carbonyl (C=O) groups excluding carboxylic acids is 2. The van der Waals surface area contributed by atoms with Crippen molar-refractivity contribution >= 4 is 11.9 Å². The number of rotatable bonds is 12. The van der Waals surface area contributed by atoms with E-state index in [1.54, 1.807) is 0 Å². The van der Waals surface area contributed by atoms with E-state index in [4.69, 9.17) is 0 Å². The van der Waals surface area contributed by atoms with Crippen molar-refractivity contribution in [3.05, 3.63) is 24.3 Å². The molecule has 0 atom stereocenters. The minimum absolute atomic E-state index is 0.552. The van der Waals surface area contributed by atoms with Crippen LogP contribution >= 0.6 is 0 Å². The van der Waals surface area contributed by atoms with Crippen molar-refractivity contribution in [1.29, 1.82) is 0 Å². The van der Waals surface area contributed by atoms with Crippen LogP contribution in [0.25, 0.3) is 0 Å². The summed E-state index contributed by atoms with van der Waals surface area (Å²) in [7, 11) is 0. The summed E-state index contributed by atoms with van der Waals surface area (Å²) in [6, 6.07) is 0. The number of esters is 2. The molecular weight excluding hydrogens is 496 g/mol. The maximum atomic E-state index is 13.7. The van der Waals surface area contributed by atoms with Crippen LogP contribution in [0.3, 0.4) is 0 Å². The normalized spacial score (nSPS) is 14.0. The minimum atomic E-state index is -7.65. The standard InChI is InChI=1S/C17H16F12O4/c1-8(2)10(30)32-6-12(18,19)5-13(20,21)15(24,25)17(28,29)16(26,27)14(22,23)7-33-11(31)9(3)4/h1,3,5-7H2,2,4H3. The molecule has 0 fully saturated rings. The first kappa shape index (κ1) is 30.6. The fourth-order valence-electron chi connectivity index (χ4n) is 1.81. The quantitative estimate of drug-likeness (QED) is 0.199. The molecule has 0 aromatic carbocycles. The predicted octanol–water partition coefficient (Wildman–Crippen LogP) is 5.43. The first-order valence-corrected chi connectivity index (χ1v) is 8.28. The van der Waals surface area contributed by atoms with Gasteiger partial charge in [0.15, 0.2) is 13.2 Å². The number of hydrogen-bond acceptors (Lipinski definition) is 4. The van der Waals surface area contributed by atoms with Crippen LogP contribution in [0.4, 0.5) is 52.7 Å². The smallest absolute Gasteiger partial charge is 0.384 e. The van der Waals surface area contributed by atoms with Crippen molar-refractivity contribution in [3.63, 3.8) is 0 Å². The molecule has 0 aliphatic carbocycles. The fourth-order valence-corrected chi connectivity index (χ4v) is 1.81. The topological polar surface area (TPSA) is 52.6 Å². The maximum Gasteiger partial charge on any atom is 0.384 e. The fraction of sp³-hybridized carbons (Fsp3) is 0.647. The van der Waals surface area contributed by atoms with Crippen LogP contribution in [0.15, 0.2) is 24.3 Å². The molecule has 0 rings (SSSR count). The van der Waals surface area contributed by atoms with Gasteiger partial charge in [-0.2, -0.15) is 43.9 Å². The third-order valence-electron chi connectivity index (χ3n) is 3.68. The van der Waals surface area contributed by atoms with Gasteiger partial charge in [0.05, 0.1) is 6.42 Å². The Morgan fingerprint density at radius 3 is 1.30 bits per heavy atom.